The molecular weight excluding hydrogens is 420 g/mol. The van der Waals surface area contributed by atoms with Crippen molar-refractivity contribution in [1.82, 2.24) is 30.2 Å². The first kappa shape index (κ1) is 23.0. The number of carbonyl (C=O) groups is 3. The van der Waals surface area contributed by atoms with E-state index in [1.807, 2.05) is 30.3 Å². The van der Waals surface area contributed by atoms with E-state index in [1.54, 1.807) is 14.0 Å². The highest BCUT2D eigenvalue weighted by Crippen LogP contribution is 2.26. The van der Waals surface area contributed by atoms with Crippen molar-refractivity contribution in [2.75, 3.05) is 33.2 Å². The molecule has 9 heteroatoms. The van der Waals surface area contributed by atoms with Gasteiger partial charge in [0.2, 0.25) is 5.91 Å². The van der Waals surface area contributed by atoms with Crippen molar-refractivity contribution >= 4 is 17.7 Å². The van der Waals surface area contributed by atoms with E-state index in [-0.39, 0.29) is 30.0 Å². The van der Waals surface area contributed by atoms with Gasteiger partial charge < -0.3 is 20.4 Å². The van der Waals surface area contributed by atoms with Crippen LogP contribution in [0, 0.1) is 0 Å². The quantitative estimate of drug-likeness (QED) is 0.588. The summed E-state index contributed by atoms with van der Waals surface area (Å²) in [6.07, 6.45) is 3.37. The number of carbonyl (C=O) groups excluding carboxylic acids is 3. The maximum Gasteiger partial charge on any atom is 0.272 e. The summed E-state index contributed by atoms with van der Waals surface area (Å²) in [4.78, 5) is 42.5. The van der Waals surface area contributed by atoms with E-state index in [1.165, 1.54) is 28.5 Å². The zero-order valence-electron chi connectivity index (χ0n) is 19.3. The van der Waals surface area contributed by atoms with Crippen LogP contribution in [0.3, 0.4) is 0 Å². The molecule has 2 aliphatic heterocycles. The van der Waals surface area contributed by atoms with Crippen LogP contribution in [-0.4, -0.2) is 76.1 Å². The summed E-state index contributed by atoms with van der Waals surface area (Å²) in [5.74, 6) is -0.903. The largest absolute Gasteiger partial charge is 0.351 e. The lowest BCUT2D eigenvalue weighted by atomic mass is 9.96. The van der Waals surface area contributed by atoms with E-state index in [0.29, 0.717) is 18.8 Å². The van der Waals surface area contributed by atoms with Crippen LogP contribution < -0.4 is 10.6 Å². The molecule has 3 heterocycles. The minimum Gasteiger partial charge on any atom is -0.351 e. The molecule has 3 amide bonds. The minimum absolute atomic E-state index is 0.174. The van der Waals surface area contributed by atoms with Crippen molar-refractivity contribution in [3.05, 3.63) is 53.3 Å². The number of aromatic nitrogens is 2. The molecule has 1 fully saturated rings. The fraction of sp³-hybridized carbons (Fsp3) is 0.500. The first-order valence-electron chi connectivity index (χ1n) is 11.6. The molecule has 0 aliphatic carbocycles. The highest BCUT2D eigenvalue weighted by molar-refractivity contribution is 6.01. The Morgan fingerprint density at radius 1 is 1.12 bits per heavy atom. The van der Waals surface area contributed by atoms with Crippen molar-refractivity contribution < 1.29 is 14.4 Å². The summed E-state index contributed by atoms with van der Waals surface area (Å²) >= 11 is 0. The molecule has 0 spiro atoms. The fourth-order valence-electron chi connectivity index (χ4n) is 4.41. The van der Waals surface area contributed by atoms with Crippen molar-refractivity contribution in [3.63, 3.8) is 0 Å². The van der Waals surface area contributed by atoms with Gasteiger partial charge in [-0.2, -0.15) is 5.10 Å². The first-order chi connectivity index (χ1) is 15.9. The molecule has 2 N–H and O–H groups in total. The maximum absolute atomic E-state index is 13.1. The van der Waals surface area contributed by atoms with Crippen LogP contribution >= 0.6 is 0 Å². The molecule has 0 saturated carbocycles. The van der Waals surface area contributed by atoms with Crippen molar-refractivity contribution in [1.29, 1.82) is 0 Å². The van der Waals surface area contributed by atoms with Gasteiger partial charge in [0.25, 0.3) is 11.8 Å². The second-order valence-electron chi connectivity index (χ2n) is 9.04. The molecule has 1 saturated heterocycles. The topological polar surface area (TPSA) is 99.6 Å². The molecule has 1 aromatic heterocycles. The normalized spacial score (nSPS) is 20.5. The van der Waals surface area contributed by atoms with E-state index < -0.39 is 5.54 Å². The molecule has 4 rings (SSSR count). The summed E-state index contributed by atoms with van der Waals surface area (Å²) in [6.45, 7) is 6.06. The van der Waals surface area contributed by atoms with Gasteiger partial charge in [-0.15, -0.1) is 0 Å². The van der Waals surface area contributed by atoms with Crippen LogP contribution in [0.15, 0.2) is 36.4 Å². The summed E-state index contributed by atoms with van der Waals surface area (Å²) in [6, 6.07) is 11.1. The standard InChI is InChI=1S/C24H32N6O3/c1-24(23(33)26-16-18-9-4-3-5-10-18)17-30-20(22(32)28(24)2)15-19(27-30)21(31)25-11-8-14-29-12-6-7-13-29/h3-5,9-10,15H,6-8,11-14,16-17H2,1-2H3,(H,25,31)(H,26,33)/t24-/m0/s1. The summed E-state index contributed by atoms with van der Waals surface area (Å²) in [5.41, 5.74) is 0.367. The third-order valence-electron chi connectivity index (χ3n) is 6.65. The van der Waals surface area contributed by atoms with Crippen LogP contribution in [-0.2, 0) is 17.9 Å². The van der Waals surface area contributed by atoms with Gasteiger partial charge in [-0.05, 0) is 51.4 Å². The average Bonchev–Trinajstić information content (AvgIpc) is 3.49. The van der Waals surface area contributed by atoms with Crippen molar-refractivity contribution in [3.8, 4) is 0 Å². The predicted molar refractivity (Wildman–Crippen MR) is 124 cm³/mol. The molecule has 33 heavy (non-hydrogen) atoms. The van der Waals surface area contributed by atoms with Crippen LogP contribution in [0.2, 0.25) is 0 Å². The Kier molecular flexibility index (Phi) is 6.78. The highest BCUT2D eigenvalue weighted by atomic mass is 16.2. The van der Waals surface area contributed by atoms with Crippen LogP contribution in [0.4, 0.5) is 0 Å². The Bertz CT molecular complexity index is 1010. The number of likely N-dealkylation sites (N-methyl/N-ethyl adjacent to an activating group) is 1. The van der Waals surface area contributed by atoms with Gasteiger partial charge in [-0.3, -0.25) is 19.1 Å². The SMILES string of the molecule is CN1C(=O)c2cc(C(=O)NCCCN3CCCC3)nn2C[C@@]1(C)C(=O)NCc1ccccc1. The molecule has 9 nitrogen and oxygen atoms in total. The van der Waals surface area contributed by atoms with Crippen LogP contribution in [0.1, 0.15) is 52.7 Å². The van der Waals surface area contributed by atoms with Gasteiger partial charge in [0.05, 0.1) is 6.54 Å². The maximum atomic E-state index is 13.1. The monoisotopic (exact) mass is 452 g/mol. The summed E-state index contributed by atoms with van der Waals surface area (Å²) < 4.78 is 1.48. The second kappa shape index (κ2) is 9.74. The Morgan fingerprint density at radius 3 is 2.58 bits per heavy atom. The highest BCUT2D eigenvalue weighted by Gasteiger charge is 2.46. The van der Waals surface area contributed by atoms with Crippen LogP contribution in [0.25, 0.3) is 0 Å². The van der Waals surface area contributed by atoms with Crippen molar-refractivity contribution in [2.24, 2.45) is 0 Å². The zero-order chi connectivity index (χ0) is 23.4. The molecular formula is C24H32N6O3. The first-order valence-corrected chi connectivity index (χ1v) is 11.6. The summed E-state index contributed by atoms with van der Waals surface area (Å²) in [7, 11) is 1.61. The van der Waals surface area contributed by atoms with Crippen LogP contribution in [0.5, 0.6) is 0 Å². The summed E-state index contributed by atoms with van der Waals surface area (Å²) in [5, 5.41) is 10.2. The lowest BCUT2D eigenvalue weighted by Gasteiger charge is -2.40. The molecule has 1 atom stereocenters. The van der Waals surface area contributed by atoms with Gasteiger partial charge >= 0.3 is 0 Å². The predicted octanol–water partition coefficient (Wildman–Crippen LogP) is 1.26. The molecule has 1 aromatic carbocycles. The number of nitrogens with one attached hydrogen (secondary N) is 2. The number of hydrogen-bond donors (Lipinski definition) is 2. The van der Waals surface area contributed by atoms with Gasteiger partial charge in [0.15, 0.2) is 5.69 Å². The van der Waals surface area contributed by atoms with E-state index >= 15 is 0 Å². The number of likely N-dealkylation sites (tertiary alicyclic amines) is 1. The lowest BCUT2D eigenvalue weighted by Crippen LogP contribution is -2.62. The second-order valence-corrected chi connectivity index (χ2v) is 9.04. The zero-order valence-corrected chi connectivity index (χ0v) is 19.3. The van der Waals surface area contributed by atoms with E-state index in [4.69, 9.17) is 0 Å². The number of rotatable bonds is 8. The third kappa shape index (κ3) is 4.93. The number of benzene rings is 1. The molecule has 2 aromatic rings. The molecule has 2 aliphatic rings. The minimum atomic E-state index is -1.12. The van der Waals surface area contributed by atoms with E-state index in [0.717, 1.165) is 31.6 Å². The van der Waals surface area contributed by atoms with Gasteiger partial charge in [-0.1, -0.05) is 30.3 Å². The number of amides is 3. The average molecular weight is 453 g/mol. The molecule has 0 unspecified atom stereocenters. The number of hydrogen-bond acceptors (Lipinski definition) is 5. The van der Waals surface area contributed by atoms with E-state index in [9.17, 15) is 14.4 Å². The third-order valence-corrected chi connectivity index (χ3v) is 6.65. The van der Waals surface area contributed by atoms with Gasteiger partial charge in [-0.25, -0.2) is 0 Å². The Morgan fingerprint density at radius 2 is 1.85 bits per heavy atom. The molecule has 176 valence electrons. The number of fused-ring (bicyclic) bond motifs is 1. The Balaban J connectivity index is 1.38. The lowest BCUT2D eigenvalue weighted by molar-refractivity contribution is -0.132. The Labute approximate surface area is 194 Å². The number of nitrogens with zero attached hydrogens (tertiary/aromatic N) is 4. The fourth-order valence-corrected chi connectivity index (χ4v) is 4.41. The van der Waals surface area contributed by atoms with E-state index in [2.05, 4.69) is 20.6 Å². The smallest absolute Gasteiger partial charge is 0.272 e. The molecule has 0 radical (unpaired) electrons. The molecule has 0 bridgehead atoms. The Hall–Kier alpha value is -3.20. The van der Waals surface area contributed by atoms with Crippen molar-refractivity contribution in [2.45, 2.75) is 44.8 Å². The van der Waals surface area contributed by atoms with Gasteiger partial charge in [0, 0.05) is 26.2 Å². The van der Waals surface area contributed by atoms with Gasteiger partial charge in [0.1, 0.15) is 11.2 Å².